The molecule has 0 atom stereocenters. The van der Waals surface area contributed by atoms with Gasteiger partial charge in [0.15, 0.2) is 9.84 Å². The molecule has 0 saturated heterocycles. The minimum absolute atomic E-state index is 0.0842. The highest BCUT2D eigenvalue weighted by Crippen LogP contribution is 2.31. The van der Waals surface area contributed by atoms with Crippen LogP contribution in [0.3, 0.4) is 0 Å². The van der Waals surface area contributed by atoms with Crippen LogP contribution in [0.1, 0.15) is 5.56 Å². The fraction of sp³-hybridized carbons (Fsp3) is 0.200. The number of anilines is 1. The molecule has 0 amide bonds. The third-order valence-corrected chi connectivity index (χ3v) is 4.83. The molecule has 0 aliphatic heterocycles. The molecule has 0 saturated carbocycles. The van der Waals surface area contributed by atoms with Gasteiger partial charge < -0.3 is 4.90 Å². The molecular weight excluding hydrogens is 340 g/mol. The van der Waals surface area contributed by atoms with E-state index in [1.807, 2.05) is 12.1 Å². The van der Waals surface area contributed by atoms with E-state index in [-0.39, 0.29) is 10.6 Å². The first-order valence-corrected chi connectivity index (χ1v) is 8.90. The summed E-state index contributed by atoms with van der Waals surface area (Å²) in [5.41, 5.74) is 0.878. The molecule has 122 valence electrons. The maximum Gasteiger partial charge on any atom is 0.293 e. The molecule has 0 N–H and O–H groups in total. The van der Waals surface area contributed by atoms with E-state index in [9.17, 15) is 18.5 Å². The van der Waals surface area contributed by atoms with Crippen LogP contribution in [0.4, 0.5) is 11.4 Å². The summed E-state index contributed by atoms with van der Waals surface area (Å²) in [4.78, 5) is 12.3. The first-order chi connectivity index (χ1) is 10.7. The molecule has 0 aromatic heterocycles. The fourth-order valence-corrected chi connectivity index (χ4v) is 3.01. The summed E-state index contributed by atoms with van der Waals surface area (Å²) in [6.45, 7) is 0.360. The summed E-state index contributed by atoms with van der Waals surface area (Å²) in [6.07, 6.45) is 1.01. The molecule has 2 rings (SSSR count). The Morgan fingerprint density at radius 3 is 2.43 bits per heavy atom. The van der Waals surface area contributed by atoms with Crippen molar-refractivity contribution in [2.75, 3.05) is 18.2 Å². The second-order valence-corrected chi connectivity index (χ2v) is 7.55. The predicted octanol–water partition coefficient (Wildman–Crippen LogP) is 3.29. The zero-order chi connectivity index (χ0) is 17.2. The van der Waals surface area contributed by atoms with Gasteiger partial charge in [-0.25, -0.2) is 8.42 Å². The van der Waals surface area contributed by atoms with Gasteiger partial charge in [0.1, 0.15) is 5.69 Å². The van der Waals surface area contributed by atoms with Crippen LogP contribution in [0, 0.1) is 10.1 Å². The Bertz CT molecular complexity index is 852. The third kappa shape index (κ3) is 4.00. The monoisotopic (exact) mass is 354 g/mol. The van der Waals surface area contributed by atoms with Crippen molar-refractivity contribution in [2.24, 2.45) is 0 Å². The fourth-order valence-electron chi connectivity index (χ4n) is 2.17. The summed E-state index contributed by atoms with van der Waals surface area (Å²) in [7, 11) is -1.82. The third-order valence-electron chi connectivity index (χ3n) is 3.35. The van der Waals surface area contributed by atoms with Crippen molar-refractivity contribution in [1.29, 1.82) is 0 Å². The van der Waals surface area contributed by atoms with Crippen molar-refractivity contribution in [3.05, 3.63) is 63.2 Å². The minimum atomic E-state index is -3.51. The standard InChI is InChI=1S/C15H15ClN2O4S/c1-17(10-11-5-3-4-6-13(11)16)14-8-7-12(23(2,21)22)9-15(14)18(19)20/h3-9H,10H2,1-2H3. The van der Waals surface area contributed by atoms with Crippen molar-refractivity contribution < 1.29 is 13.3 Å². The van der Waals surface area contributed by atoms with Gasteiger partial charge in [-0.1, -0.05) is 29.8 Å². The number of halogens is 1. The zero-order valence-corrected chi connectivity index (χ0v) is 14.1. The Labute approximate surface area is 139 Å². The van der Waals surface area contributed by atoms with Gasteiger partial charge in [-0.05, 0) is 23.8 Å². The van der Waals surface area contributed by atoms with Crippen LogP contribution in [-0.4, -0.2) is 26.6 Å². The van der Waals surface area contributed by atoms with E-state index >= 15 is 0 Å². The molecule has 0 aliphatic carbocycles. The van der Waals surface area contributed by atoms with E-state index in [0.29, 0.717) is 17.3 Å². The number of nitro groups is 1. The summed E-state index contributed by atoms with van der Waals surface area (Å²) < 4.78 is 23.1. The van der Waals surface area contributed by atoms with Crippen molar-refractivity contribution in [3.8, 4) is 0 Å². The van der Waals surface area contributed by atoms with Crippen LogP contribution in [0.2, 0.25) is 5.02 Å². The first-order valence-electron chi connectivity index (χ1n) is 6.63. The highest BCUT2D eigenvalue weighted by Gasteiger charge is 2.21. The van der Waals surface area contributed by atoms with Gasteiger partial charge in [-0.15, -0.1) is 0 Å². The molecule has 0 heterocycles. The number of nitro benzene ring substituents is 1. The number of hydrogen-bond donors (Lipinski definition) is 0. The van der Waals surface area contributed by atoms with Gasteiger partial charge in [0.25, 0.3) is 5.69 Å². The molecule has 0 radical (unpaired) electrons. The number of sulfone groups is 1. The molecule has 0 spiro atoms. The van der Waals surface area contributed by atoms with Crippen LogP contribution in [0.25, 0.3) is 0 Å². The normalized spacial score (nSPS) is 11.3. The van der Waals surface area contributed by atoms with Gasteiger partial charge in [0, 0.05) is 30.9 Å². The van der Waals surface area contributed by atoms with Crippen LogP contribution in [0.5, 0.6) is 0 Å². The highest BCUT2D eigenvalue weighted by molar-refractivity contribution is 7.90. The van der Waals surface area contributed by atoms with Crippen molar-refractivity contribution in [1.82, 2.24) is 0 Å². The van der Waals surface area contributed by atoms with Crippen LogP contribution >= 0.6 is 11.6 Å². The van der Waals surface area contributed by atoms with E-state index in [1.54, 1.807) is 24.1 Å². The summed E-state index contributed by atoms with van der Waals surface area (Å²) >= 11 is 6.10. The van der Waals surface area contributed by atoms with Crippen LogP contribution < -0.4 is 4.90 Å². The summed E-state index contributed by atoms with van der Waals surface area (Å²) in [6, 6.07) is 11.1. The molecule has 2 aromatic rings. The van der Waals surface area contributed by atoms with E-state index in [4.69, 9.17) is 11.6 Å². The summed E-state index contributed by atoms with van der Waals surface area (Å²) in [5.74, 6) is 0. The molecule has 6 nitrogen and oxygen atoms in total. The zero-order valence-electron chi connectivity index (χ0n) is 12.6. The smallest absolute Gasteiger partial charge is 0.293 e. The number of rotatable bonds is 5. The van der Waals surface area contributed by atoms with Crippen LogP contribution in [0.15, 0.2) is 47.4 Å². The number of nitrogens with zero attached hydrogens (tertiary/aromatic N) is 2. The van der Waals surface area contributed by atoms with Crippen molar-refractivity contribution in [3.63, 3.8) is 0 Å². The maximum absolute atomic E-state index is 11.6. The lowest BCUT2D eigenvalue weighted by Gasteiger charge is -2.20. The molecular formula is C15H15ClN2O4S. The van der Waals surface area contributed by atoms with Crippen molar-refractivity contribution in [2.45, 2.75) is 11.4 Å². The molecule has 0 aliphatic rings. The average molecular weight is 355 g/mol. The van der Waals surface area contributed by atoms with Gasteiger partial charge in [0.2, 0.25) is 0 Å². The second-order valence-electron chi connectivity index (χ2n) is 5.13. The molecule has 0 unspecified atom stereocenters. The van der Waals surface area contributed by atoms with Gasteiger partial charge in [-0.3, -0.25) is 10.1 Å². The molecule has 8 heteroatoms. The van der Waals surface area contributed by atoms with E-state index in [0.717, 1.165) is 17.9 Å². The lowest BCUT2D eigenvalue weighted by molar-refractivity contribution is -0.384. The van der Waals surface area contributed by atoms with E-state index in [2.05, 4.69) is 0 Å². The predicted molar refractivity (Wildman–Crippen MR) is 89.8 cm³/mol. The quantitative estimate of drug-likeness (QED) is 0.608. The molecule has 0 fully saturated rings. The lowest BCUT2D eigenvalue weighted by atomic mass is 10.2. The molecule has 0 bridgehead atoms. The Morgan fingerprint density at radius 2 is 1.87 bits per heavy atom. The summed E-state index contributed by atoms with van der Waals surface area (Å²) in [5, 5.41) is 11.8. The Balaban J connectivity index is 2.42. The first kappa shape index (κ1) is 17.2. The highest BCUT2D eigenvalue weighted by atomic mass is 35.5. The Kier molecular flexibility index (Phi) is 4.91. The average Bonchev–Trinajstić information content (AvgIpc) is 2.48. The second kappa shape index (κ2) is 6.55. The van der Waals surface area contributed by atoms with Crippen LogP contribution in [-0.2, 0) is 16.4 Å². The van der Waals surface area contributed by atoms with E-state index < -0.39 is 14.8 Å². The van der Waals surface area contributed by atoms with Gasteiger partial charge in [0.05, 0.1) is 9.82 Å². The van der Waals surface area contributed by atoms with Crippen molar-refractivity contribution >= 4 is 32.8 Å². The maximum atomic E-state index is 11.6. The number of hydrogen-bond acceptors (Lipinski definition) is 5. The minimum Gasteiger partial charge on any atom is -0.365 e. The Hall–Kier alpha value is -2.12. The van der Waals surface area contributed by atoms with Gasteiger partial charge in [-0.2, -0.15) is 0 Å². The number of benzene rings is 2. The van der Waals surface area contributed by atoms with Gasteiger partial charge >= 0.3 is 0 Å². The SMILES string of the molecule is CN(Cc1ccccc1Cl)c1ccc(S(C)(=O)=O)cc1[N+](=O)[O-]. The largest absolute Gasteiger partial charge is 0.365 e. The van der Waals surface area contributed by atoms with E-state index in [1.165, 1.54) is 12.1 Å². The molecule has 23 heavy (non-hydrogen) atoms. The molecule has 2 aromatic carbocycles. The lowest BCUT2D eigenvalue weighted by Crippen LogP contribution is -2.18. The topological polar surface area (TPSA) is 80.5 Å². The Morgan fingerprint density at radius 1 is 1.22 bits per heavy atom.